The second-order valence-electron chi connectivity index (χ2n) is 7.46. The highest BCUT2D eigenvalue weighted by Gasteiger charge is 2.21. The topological polar surface area (TPSA) is 53.4 Å². The minimum absolute atomic E-state index is 0.0363. The van der Waals surface area contributed by atoms with Crippen LogP contribution in [0.1, 0.15) is 5.82 Å². The Kier molecular flexibility index (Phi) is 4.87. The van der Waals surface area contributed by atoms with Gasteiger partial charge in [-0.1, -0.05) is 48.5 Å². The number of thiophene rings is 1. The van der Waals surface area contributed by atoms with Crippen LogP contribution in [0.4, 0.5) is 5.69 Å². The summed E-state index contributed by atoms with van der Waals surface area (Å²) in [7, 11) is 0. The predicted octanol–water partition coefficient (Wildman–Crippen LogP) is 2.56. The van der Waals surface area contributed by atoms with Gasteiger partial charge in [0.05, 0.1) is 31.6 Å². The summed E-state index contributed by atoms with van der Waals surface area (Å²) in [6.45, 7) is 4.87. The van der Waals surface area contributed by atoms with Crippen LogP contribution in [0.5, 0.6) is 0 Å². The van der Waals surface area contributed by atoms with Gasteiger partial charge < -0.3 is 14.8 Å². The van der Waals surface area contributed by atoms with Crippen molar-refractivity contribution in [2.24, 2.45) is 0 Å². The monoisotopic (exact) mass is 403 g/mol. The number of hydrogen-bond acceptors (Lipinski definition) is 4. The average molecular weight is 404 g/mol. The third-order valence-electron chi connectivity index (χ3n) is 5.52. The third-order valence-corrected chi connectivity index (χ3v) is 6.60. The van der Waals surface area contributed by atoms with Gasteiger partial charge >= 0.3 is 0 Å². The number of fused-ring (bicyclic) bond motifs is 1. The zero-order valence-electron chi connectivity index (χ0n) is 16.1. The van der Waals surface area contributed by atoms with Crippen LogP contribution in [-0.4, -0.2) is 36.1 Å². The van der Waals surface area contributed by atoms with Crippen molar-refractivity contribution in [3.05, 3.63) is 82.9 Å². The van der Waals surface area contributed by atoms with Gasteiger partial charge in [-0.3, -0.25) is 4.79 Å². The standard InChI is InChI=1S/C23H22N4OS/c28-22-19-15-20(17-7-3-1-4-8-17)29-23(19)25-21(24-22)16-26-11-13-27(14-12-26)18-9-5-2-6-10-18/h1-10,15H,11-14,16H2,(H,24,25,28)/p+1. The molecule has 0 saturated carbocycles. The molecule has 2 aromatic heterocycles. The maximum absolute atomic E-state index is 12.6. The Labute approximate surface area is 173 Å². The second kappa shape index (κ2) is 7.81. The van der Waals surface area contributed by atoms with Crippen molar-refractivity contribution in [2.45, 2.75) is 6.54 Å². The van der Waals surface area contributed by atoms with E-state index >= 15 is 0 Å². The number of aromatic amines is 1. The number of rotatable bonds is 4. The summed E-state index contributed by atoms with van der Waals surface area (Å²) in [6, 6.07) is 22.7. The van der Waals surface area contributed by atoms with Crippen LogP contribution >= 0.6 is 11.3 Å². The van der Waals surface area contributed by atoms with Crippen molar-refractivity contribution in [1.29, 1.82) is 0 Å². The number of nitrogens with one attached hydrogen (secondary N) is 2. The van der Waals surface area contributed by atoms with E-state index in [1.54, 1.807) is 11.3 Å². The van der Waals surface area contributed by atoms with Crippen LogP contribution in [0.2, 0.25) is 0 Å². The largest absolute Gasteiger partial charge is 0.360 e. The Morgan fingerprint density at radius 3 is 2.41 bits per heavy atom. The second-order valence-corrected chi connectivity index (χ2v) is 8.49. The lowest BCUT2D eigenvalue weighted by Crippen LogP contribution is -3.13. The number of para-hydroxylation sites is 1. The molecule has 1 aliphatic heterocycles. The SMILES string of the molecule is O=c1[nH]c(C[NH+]2CCN(c3ccccc3)CC2)nc2sc(-c3ccccc3)cc12. The molecule has 29 heavy (non-hydrogen) atoms. The van der Waals surface area contributed by atoms with Gasteiger partial charge in [0.2, 0.25) is 0 Å². The van der Waals surface area contributed by atoms with Gasteiger partial charge in [0, 0.05) is 10.6 Å². The molecule has 5 nitrogen and oxygen atoms in total. The minimum atomic E-state index is -0.0363. The molecule has 5 rings (SSSR count). The Morgan fingerprint density at radius 2 is 1.69 bits per heavy atom. The Balaban J connectivity index is 1.32. The number of H-pyrrole nitrogens is 1. The molecule has 3 heterocycles. The number of anilines is 1. The number of hydrogen-bond donors (Lipinski definition) is 2. The van der Waals surface area contributed by atoms with Gasteiger partial charge in [-0.15, -0.1) is 11.3 Å². The maximum atomic E-state index is 12.6. The molecule has 6 heteroatoms. The first-order valence-corrected chi connectivity index (χ1v) is 10.8. The van der Waals surface area contributed by atoms with Gasteiger partial charge in [0.15, 0.2) is 5.82 Å². The summed E-state index contributed by atoms with van der Waals surface area (Å²) < 4.78 is 0. The van der Waals surface area contributed by atoms with E-state index in [2.05, 4.69) is 52.3 Å². The molecule has 4 aromatic rings. The Bertz CT molecular complexity index is 1160. The molecular formula is C23H23N4OS+. The molecule has 2 aromatic carbocycles. The number of nitrogens with zero attached hydrogens (tertiary/aromatic N) is 2. The first kappa shape index (κ1) is 18.1. The quantitative estimate of drug-likeness (QED) is 0.551. The average Bonchev–Trinajstić information content (AvgIpc) is 3.20. The Hall–Kier alpha value is -2.96. The van der Waals surface area contributed by atoms with E-state index in [4.69, 9.17) is 4.98 Å². The van der Waals surface area contributed by atoms with Gasteiger partial charge in [0.25, 0.3) is 5.56 Å². The highest BCUT2D eigenvalue weighted by Crippen LogP contribution is 2.30. The van der Waals surface area contributed by atoms with Crippen molar-refractivity contribution in [2.75, 3.05) is 31.1 Å². The summed E-state index contributed by atoms with van der Waals surface area (Å²) in [5.74, 6) is 0.784. The third kappa shape index (κ3) is 3.81. The predicted molar refractivity (Wildman–Crippen MR) is 119 cm³/mol. The van der Waals surface area contributed by atoms with Crippen molar-refractivity contribution in [1.82, 2.24) is 9.97 Å². The van der Waals surface area contributed by atoms with Crippen LogP contribution in [-0.2, 0) is 6.54 Å². The summed E-state index contributed by atoms with van der Waals surface area (Å²) in [4.78, 5) is 26.2. The van der Waals surface area contributed by atoms with Crippen molar-refractivity contribution < 1.29 is 4.90 Å². The summed E-state index contributed by atoms with van der Waals surface area (Å²) in [6.07, 6.45) is 0. The van der Waals surface area contributed by atoms with Gasteiger partial charge in [-0.05, 0) is 23.8 Å². The van der Waals surface area contributed by atoms with Crippen LogP contribution in [0.25, 0.3) is 20.7 Å². The molecule has 1 fully saturated rings. The van der Waals surface area contributed by atoms with Crippen LogP contribution < -0.4 is 15.4 Å². The molecule has 1 aliphatic rings. The number of benzene rings is 2. The van der Waals surface area contributed by atoms with E-state index in [9.17, 15) is 4.79 Å². The van der Waals surface area contributed by atoms with E-state index < -0.39 is 0 Å². The van der Waals surface area contributed by atoms with Gasteiger partial charge in [-0.2, -0.15) is 0 Å². The van der Waals surface area contributed by atoms with Crippen LogP contribution in [0, 0.1) is 0 Å². The first-order valence-electron chi connectivity index (χ1n) is 9.98. The smallest absolute Gasteiger partial charge is 0.259 e. The number of quaternary nitrogens is 1. The highest BCUT2D eigenvalue weighted by molar-refractivity contribution is 7.21. The fourth-order valence-electron chi connectivity index (χ4n) is 3.94. The first-order chi connectivity index (χ1) is 14.3. The Morgan fingerprint density at radius 1 is 1.00 bits per heavy atom. The fourth-order valence-corrected chi connectivity index (χ4v) is 4.99. The van der Waals surface area contributed by atoms with Crippen molar-refractivity contribution >= 4 is 27.2 Å². The van der Waals surface area contributed by atoms with Crippen molar-refractivity contribution in [3.63, 3.8) is 0 Å². The highest BCUT2D eigenvalue weighted by atomic mass is 32.1. The van der Waals surface area contributed by atoms with E-state index in [0.717, 1.165) is 53.8 Å². The molecule has 0 radical (unpaired) electrons. The molecule has 0 aliphatic carbocycles. The molecule has 1 saturated heterocycles. The zero-order chi connectivity index (χ0) is 19.6. The van der Waals surface area contributed by atoms with Crippen LogP contribution in [0.3, 0.4) is 0 Å². The molecule has 0 bridgehead atoms. The lowest BCUT2D eigenvalue weighted by atomic mass is 10.2. The maximum Gasteiger partial charge on any atom is 0.259 e. The molecule has 0 atom stereocenters. The van der Waals surface area contributed by atoms with E-state index in [0.29, 0.717) is 5.39 Å². The number of piperazine rings is 1. The normalized spacial score (nSPS) is 15.1. The molecule has 146 valence electrons. The molecule has 0 spiro atoms. The van der Waals surface area contributed by atoms with Gasteiger partial charge in [0.1, 0.15) is 11.4 Å². The van der Waals surface area contributed by atoms with E-state index in [1.165, 1.54) is 10.6 Å². The van der Waals surface area contributed by atoms with Crippen molar-refractivity contribution in [3.8, 4) is 10.4 Å². The molecular weight excluding hydrogens is 380 g/mol. The van der Waals surface area contributed by atoms with E-state index in [1.807, 2.05) is 24.3 Å². The molecule has 0 unspecified atom stereocenters. The summed E-state index contributed by atoms with van der Waals surface area (Å²) >= 11 is 1.59. The zero-order valence-corrected chi connectivity index (χ0v) is 16.9. The van der Waals surface area contributed by atoms with Gasteiger partial charge in [-0.25, -0.2) is 4.98 Å². The minimum Gasteiger partial charge on any atom is -0.360 e. The number of aromatic nitrogens is 2. The van der Waals surface area contributed by atoms with E-state index in [-0.39, 0.29) is 5.56 Å². The molecule has 2 N–H and O–H groups in total. The summed E-state index contributed by atoms with van der Waals surface area (Å²) in [5.41, 5.74) is 2.37. The summed E-state index contributed by atoms with van der Waals surface area (Å²) in [5, 5.41) is 0.682. The lowest BCUT2D eigenvalue weighted by molar-refractivity contribution is -0.915. The molecule has 0 amide bonds. The fraction of sp³-hybridized carbons (Fsp3) is 0.217. The lowest BCUT2D eigenvalue weighted by Gasteiger charge is -2.33. The van der Waals surface area contributed by atoms with Crippen LogP contribution in [0.15, 0.2) is 71.5 Å².